The van der Waals surface area contributed by atoms with Gasteiger partial charge in [-0.25, -0.2) is 21.2 Å². The predicted molar refractivity (Wildman–Crippen MR) is 151 cm³/mol. The highest BCUT2D eigenvalue weighted by Gasteiger charge is 2.28. The van der Waals surface area contributed by atoms with Crippen molar-refractivity contribution in [3.8, 4) is 5.75 Å². The fraction of sp³-hybridized carbons (Fsp3) is 0.0741. The molecule has 0 heterocycles. The van der Waals surface area contributed by atoms with Crippen LogP contribution in [0.2, 0.25) is 5.02 Å². The number of halogens is 2. The first kappa shape index (κ1) is 28.9. The van der Waals surface area contributed by atoms with Crippen LogP contribution in [0.3, 0.4) is 0 Å². The van der Waals surface area contributed by atoms with Crippen molar-refractivity contribution in [1.29, 1.82) is 0 Å². The average molecular weight is 604 g/mol. The van der Waals surface area contributed by atoms with Crippen LogP contribution in [0, 0.1) is 5.82 Å². The van der Waals surface area contributed by atoms with E-state index in [0.717, 1.165) is 16.4 Å². The van der Waals surface area contributed by atoms with Gasteiger partial charge in [0.05, 0.1) is 27.6 Å². The quantitative estimate of drug-likeness (QED) is 0.259. The molecular formula is C27H23ClFN3O6S2. The third kappa shape index (κ3) is 6.71. The van der Waals surface area contributed by atoms with E-state index in [9.17, 15) is 26.0 Å². The van der Waals surface area contributed by atoms with Crippen molar-refractivity contribution in [2.75, 3.05) is 28.0 Å². The standard InChI is InChI=1S/C27H23ClFN3O6S2/c1-38-26-16-13-22(17-25(26)28)32(40(36,37)24-5-3-2-4-6-24)18-27(33)30-20-11-14-23(15-12-20)39(34,35)31-21-9-7-19(29)8-10-21/h2-17,31H,18H2,1H3,(H,30,33). The number of benzene rings is 4. The van der Waals surface area contributed by atoms with Crippen LogP contribution in [0.25, 0.3) is 0 Å². The van der Waals surface area contributed by atoms with Gasteiger partial charge in [0.1, 0.15) is 18.1 Å². The molecule has 0 spiro atoms. The van der Waals surface area contributed by atoms with Gasteiger partial charge in [0.2, 0.25) is 5.91 Å². The van der Waals surface area contributed by atoms with Gasteiger partial charge in [-0.05, 0) is 78.9 Å². The highest BCUT2D eigenvalue weighted by atomic mass is 35.5. The number of anilines is 3. The lowest BCUT2D eigenvalue weighted by atomic mass is 10.3. The van der Waals surface area contributed by atoms with E-state index in [4.69, 9.17) is 16.3 Å². The maximum Gasteiger partial charge on any atom is 0.264 e. The molecule has 0 aliphatic heterocycles. The molecule has 0 atom stereocenters. The summed E-state index contributed by atoms with van der Waals surface area (Å²) in [6.45, 7) is -0.605. The number of sulfonamides is 2. The summed E-state index contributed by atoms with van der Waals surface area (Å²) < 4.78 is 73.8. The van der Waals surface area contributed by atoms with Crippen molar-refractivity contribution < 1.29 is 30.8 Å². The number of rotatable bonds is 10. The third-order valence-electron chi connectivity index (χ3n) is 5.59. The van der Waals surface area contributed by atoms with E-state index < -0.39 is 38.3 Å². The smallest absolute Gasteiger partial charge is 0.264 e. The number of amides is 1. The molecule has 0 radical (unpaired) electrons. The van der Waals surface area contributed by atoms with Crippen LogP contribution in [-0.2, 0) is 24.8 Å². The van der Waals surface area contributed by atoms with Gasteiger partial charge >= 0.3 is 0 Å². The van der Waals surface area contributed by atoms with E-state index >= 15 is 0 Å². The maximum absolute atomic E-state index is 13.5. The molecule has 0 aliphatic rings. The molecule has 0 fully saturated rings. The molecule has 0 aromatic heterocycles. The Morgan fingerprint density at radius 2 is 1.48 bits per heavy atom. The molecule has 40 heavy (non-hydrogen) atoms. The molecule has 1 amide bonds. The lowest BCUT2D eigenvalue weighted by Gasteiger charge is -2.24. The van der Waals surface area contributed by atoms with E-state index in [2.05, 4.69) is 10.0 Å². The van der Waals surface area contributed by atoms with Crippen LogP contribution >= 0.6 is 11.6 Å². The van der Waals surface area contributed by atoms with Gasteiger partial charge in [0.15, 0.2) is 0 Å². The van der Waals surface area contributed by atoms with Crippen molar-refractivity contribution in [3.05, 3.63) is 108 Å². The Morgan fingerprint density at radius 1 is 0.850 bits per heavy atom. The fourth-order valence-corrected chi connectivity index (χ4v) is 6.37. The molecule has 0 saturated heterocycles. The number of carbonyl (C=O) groups is 1. The number of ether oxygens (including phenoxy) is 1. The summed E-state index contributed by atoms with van der Waals surface area (Å²) >= 11 is 6.23. The van der Waals surface area contributed by atoms with Crippen LogP contribution in [-0.4, -0.2) is 36.4 Å². The third-order valence-corrected chi connectivity index (χ3v) is 9.07. The van der Waals surface area contributed by atoms with E-state index in [1.165, 1.54) is 73.8 Å². The van der Waals surface area contributed by atoms with Gasteiger partial charge in [0.25, 0.3) is 20.0 Å². The Morgan fingerprint density at radius 3 is 2.08 bits per heavy atom. The fourth-order valence-electron chi connectivity index (χ4n) is 3.63. The molecule has 4 aromatic rings. The zero-order valence-corrected chi connectivity index (χ0v) is 23.3. The molecule has 0 saturated carbocycles. The minimum absolute atomic E-state index is 0.0297. The first-order chi connectivity index (χ1) is 19.0. The number of methoxy groups -OCH3 is 1. The lowest BCUT2D eigenvalue weighted by Crippen LogP contribution is -2.38. The van der Waals surface area contributed by atoms with E-state index in [1.54, 1.807) is 18.2 Å². The van der Waals surface area contributed by atoms with Crippen LogP contribution < -0.4 is 19.1 Å². The molecule has 0 aliphatic carbocycles. The zero-order valence-electron chi connectivity index (χ0n) is 20.9. The Kier molecular flexibility index (Phi) is 8.62. The average Bonchev–Trinajstić information content (AvgIpc) is 2.93. The van der Waals surface area contributed by atoms with Crippen LogP contribution in [0.5, 0.6) is 5.75 Å². The molecule has 13 heteroatoms. The summed E-state index contributed by atoms with van der Waals surface area (Å²) in [4.78, 5) is 12.9. The van der Waals surface area contributed by atoms with Gasteiger partial charge < -0.3 is 10.1 Å². The molecule has 0 bridgehead atoms. The van der Waals surface area contributed by atoms with Gasteiger partial charge in [-0.3, -0.25) is 13.8 Å². The molecular weight excluding hydrogens is 581 g/mol. The number of hydrogen-bond acceptors (Lipinski definition) is 6. The Balaban J connectivity index is 1.54. The van der Waals surface area contributed by atoms with Gasteiger partial charge in [-0.15, -0.1) is 0 Å². The largest absolute Gasteiger partial charge is 0.495 e. The van der Waals surface area contributed by atoms with Crippen molar-refractivity contribution in [3.63, 3.8) is 0 Å². The highest BCUT2D eigenvalue weighted by molar-refractivity contribution is 7.93. The second-order valence-electron chi connectivity index (χ2n) is 8.33. The summed E-state index contributed by atoms with van der Waals surface area (Å²) in [7, 11) is -6.74. The monoisotopic (exact) mass is 603 g/mol. The van der Waals surface area contributed by atoms with Crippen molar-refractivity contribution >= 4 is 54.6 Å². The maximum atomic E-state index is 13.5. The zero-order chi connectivity index (χ0) is 28.9. The van der Waals surface area contributed by atoms with Gasteiger partial charge in [-0.2, -0.15) is 0 Å². The Hall–Kier alpha value is -4.13. The van der Waals surface area contributed by atoms with Crippen molar-refractivity contribution in [1.82, 2.24) is 0 Å². The highest BCUT2D eigenvalue weighted by Crippen LogP contribution is 2.32. The normalized spacial score (nSPS) is 11.5. The van der Waals surface area contributed by atoms with Crippen LogP contribution in [0.4, 0.5) is 21.5 Å². The minimum atomic E-state index is -4.17. The molecule has 9 nitrogen and oxygen atoms in total. The summed E-state index contributed by atoms with van der Waals surface area (Å²) in [5.41, 5.74) is 0.547. The Bertz CT molecular complexity index is 1720. The SMILES string of the molecule is COc1ccc(N(CC(=O)Nc2ccc(S(=O)(=O)Nc3ccc(F)cc3)cc2)S(=O)(=O)c2ccccc2)cc1Cl. The second kappa shape index (κ2) is 11.9. The van der Waals surface area contributed by atoms with Crippen molar-refractivity contribution in [2.24, 2.45) is 0 Å². The first-order valence-electron chi connectivity index (χ1n) is 11.6. The van der Waals surface area contributed by atoms with Gasteiger partial charge in [-0.1, -0.05) is 29.8 Å². The van der Waals surface area contributed by atoms with Gasteiger partial charge in [0, 0.05) is 11.4 Å². The molecule has 208 valence electrons. The van der Waals surface area contributed by atoms with Crippen LogP contribution in [0.15, 0.2) is 107 Å². The topological polar surface area (TPSA) is 122 Å². The summed E-state index contributed by atoms with van der Waals surface area (Å²) in [6.07, 6.45) is 0. The molecule has 2 N–H and O–H groups in total. The number of carbonyl (C=O) groups excluding carboxylic acids is 1. The second-order valence-corrected chi connectivity index (χ2v) is 12.3. The Labute approximate surface area is 236 Å². The summed E-state index contributed by atoms with van der Waals surface area (Å²) in [5.74, 6) is -0.865. The van der Waals surface area contributed by atoms with E-state index in [-0.39, 0.29) is 31.9 Å². The molecule has 4 aromatic carbocycles. The lowest BCUT2D eigenvalue weighted by molar-refractivity contribution is -0.114. The summed E-state index contributed by atoms with van der Waals surface area (Å²) in [6, 6.07) is 22.0. The van der Waals surface area contributed by atoms with E-state index in [0.29, 0.717) is 5.75 Å². The number of hydrogen-bond donors (Lipinski definition) is 2. The summed E-state index contributed by atoms with van der Waals surface area (Å²) in [5, 5.41) is 2.73. The first-order valence-corrected chi connectivity index (χ1v) is 14.9. The number of nitrogens with one attached hydrogen (secondary N) is 2. The predicted octanol–water partition coefficient (Wildman–Crippen LogP) is 5.12. The molecule has 0 unspecified atom stereocenters. The minimum Gasteiger partial charge on any atom is -0.495 e. The van der Waals surface area contributed by atoms with Crippen LogP contribution in [0.1, 0.15) is 0 Å². The van der Waals surface area contributed by atoms with E-state index in [1.807, 2.05) is 0 Å². The van der Waals surface area contributed by atoms with Crippen molar-refractivity contribution in [2.45, 2.75) is 9.79 Å². The number of nitrogens with zero attached hydrogens (tertiary/aromatic N) is 1. The molecule has 4 rings (SSSR count).